The molecule has 28 heavy (non-hydrogen) atoms. The molecule has 0 saturated carbocycles. The first-order chi connectivity index (χ1) is 13.5. The van der Waals surface area contributed by atoms with Crippen LogP contribution in [0.1, 0.15) is 23.0 Å². The molecule has 0 saturated heterocycles. The molecule has 3 aromatic rings. The van der Waals surface area contributed by atoms with Crippen molar-refractivity contribution in [1.29, 1.82) is 0 Å². The zero-order chi connectivity index (χ0) is 20.1. The SMILES string of the molecule is COc1ccc(C)cc1NC(=O)[C@H](C)OC(=O)c1cc(-c2ccccc2)n[nH]1. The molecule has 2 aromatic carbocycles. The van der Waals surface area contributed by atoms with Crippen molar-refractivity contribution in [3.05, 3.63) is 65.9 Å². The van der Waals surface area contributed by atoms with Crippen molar-refractivity contribution < 1.29 is 19.1 Å². The maximum Gasteiger partial charge on any atom is 0.357 e. The number of amides is 1. The summed E-state index contributed by atoms with van der Waals surface area (Å²) in [6, 6.07) is 16.4. The van der Waals surface area contributed by atoms with E-state index in [9.17, 15) is 9.59 Å². The molecule has 1 heterocycles. The number of aryl methyl sites for hydroxylation is 1. The number of nitrogens with zero attached hydrogens (tertiary/aromatic N) is 1. The maximum absolute atomic E-state index is 12.4. The molecule has 0 radical (unpaired) electrons. The quantitative estimate of drug-likeness (QED) is 0.639. The van der Waals surface area contributed by atoms with E-state index in [-0.39, 0.29) is 5.69 Å². The summed E-state index contributed by atoms with van der Waals surface area (Å²) in [5, 5.41) is 9.49. The lowest BCUT2D eigenvalue weighted by Gasteiger charge is -2.15. The van der Waals surface area contributed by atoms with Crippen molar-refractivity contribution in [1.82, 2.24) is 10.2 Å². The van der Waals surface area contributed by atoms with Gasteiger partial charge in [0.15, 0.2) is 6.10 Å². The third-order valence-corrected chi connectivity index (χ3v) is 4.13. The number of H-pyrrole nitrogens is 1. The maximum atomic E-state index is 12.4. The molecule has 1 aromatic heterocycles. The Hall–Kier alpha value is -3.61. The predicted octanol–water partition coefficient (Wildman–Crippen LogP) is 3.58. The molecule has 1 amide bonds. The fourth-order valence-corrected chi connectivity index (χ4v) is 2.61. The van der Waals surface area contributed by atoms with Gasteiger partial charge in [-0.1, -0.05) is 36.4 Å². The van der Waals surface area contributed by atoms with Crippen molar-refractivity contribution >= 4 is 17.6 Å². The molecule has 2 N–H and O–H groups in total. The van der Waals surface area contributed by atoms with Crippen molar-refractivity contribution in [3.63, 3.8) is 0 Å². The number of benzene rings is 2. The van der Waals surface area contributed by atoms with Gasteiger partial charge in [0.25, 0.3) is 5.91 Å². The molecule has 0 spiro atoms. The molecule has 0 aliphatic carbocycles. The Labute approximate surface area is 162 Å². The first kappa shape index (κ1) is 19.2. The monoisotopic (exact) mass is 379 g/mol. The van der Waals surface area contributed by atoms with Crippen LogP contribution >= 0.6 is 0 Å². The van der Waals surface area contributed by atoms with Crippen LogP contribution < -0.4 is 10.1 Å². The number of carbonyl (C=O) groups excluding carboxylic acids is 2. The minimum Gasteiger partial charge on any atom is -0.495 e. The van der Waals surface area contributed by atoms with Gasteiger partial charge in [-0.25, -0.2) is 4.79 Å². The number of hydrogen-bond acceptors (Lipinski definition) is 5. The third kappa shape index (κ3) is 4.37. The standard InChI is InChI=1S/C21H21N3O4/c1-13-9-10-19(27-3)17(11-13)22-20(25)14(2)28-21(26)18-12-16(23-24-18)15-7-5-4-6-8-15/h4-12,14H,1-3H3,(H,22,25)(H,23,24)/t14-/m0/s1. The second-order valence-corrected chi connectivity index (χ2v) is 6.27. The zero-order valence-electron chi connectivity index (χ0n) is 15.9. The van der Waals surface area contributed by atoms with Crippen LogP contribution in [-0.2, 0) is 9.53 Å². The molecule has 0 unspecified atom stereocenters. The average molecular weight is 379 g/mol. The van der Waals surface area contributed by atoms with E-state index in [1.165, 1.54) is 14.0 Å². The number of carbonyl (C=O) groups is 2. The summed E-state index contributed by atoms with van der Waals surface area (Å²) in [5.74, 6) is -0.591. The minimum absolute atomic E-state index is 0.173. The van der Waals surface area contributed by atoms with Gasteiger partial charge in [0.2, 0.25) is 0 Å². The van der Waals surface area contributed by atoms with Crippen LogP contribution in [0.25, 0.3) is 11.3 Å². The number of hydrogen-bond donors (Lipinski definition) is 2. The van der Waals surface area contributed by atoms with E-state index < -0.39 is 18.0 Å². The highest BCUT2D eigenvalue weighted by Crippen LogP contribution is 2.25. The van der Waals surface area contributed by atoms with Gasteiger partial charge in [-0.05, 0) is 37.6 Å². The summed E-state index contributed by atoms with van der Waals surface area (Å²) in [4.78, 5) is 24.8. The van der Waals surface area contributed by atoms with Crippen molar-refractivity contribution in [2.24, 2.45) is 0 Å². The Morgan fingerprint density at radius 2 is 1.86 bits per heavy atom. The number of ether oxygens (including phenoxy) is 2. The Kier molecular flexibility index (Phi) is 5.74. The summed E-state index contributed by atoms with van der Waals surface area (Å²) < 4.78 is 10.5. The smallest absolute Gasteiger partial charge is 0.357 e. The molecule has 7 heteroatoms. The van der Waals surface area contributed by atoms with Crippen LogP contribution in [0.3, 0.4) is 0 Å². The summed E-state index contributed by atoms with van der Waals surface area (Å²) >= 11 is 0. The first-order valence-corrected chi connectivity index (χ1v) is 8.75. The first-order valence-electron chi connectivity index (χ1n) is 8.75. The van der Waals surface area contributed by atoms with Crippen molar-refractivity contribution in [2.75, 3.05) is 12.4 Å². The highest BCUT2D eigenvalue weighted by Gasteiger charge is 2.21. The van der Waals surface area contributed by atoms with E-state index in [1.54, 1.807) is 18.2 Å². The van der Waals surface area contributed by atoms with Crippen LogP contribution in [0.5, 0.6) is 5.75 Å². The van der Waals surface area contributed by atoms with Crippen LogP contribution in [0.15, 0.2) is 54.6 Å². The Balaban J connectivity index is 1.65. The van der Waals surface area contributed by atoms with Gasteiger partial charge in [-0.15, -0.1) is 0 Å². The number of nitrogens with one attached hydrogen (secondary N) is 2. The summed E-state index contributed by atoms with van der Waals surface area (Å²) in [7, 11) is 1.52. The highest BCUT2D eigenvalue weighted by atomic mass is 16.5. The van der Waals surface area contributed by atoms with Crippen LogP contribution in [0.4, 0.5) is 5.69 Å². The van der Waals surface area contributed by atoms with Gasteiger partial charge in [0, 0.05) is 5.56 Å². The zero-order valence-corrected chi connectivity index (χ0v) is 15.9. The summed E-state index contributed by atoms with van der Waals surface area (Å²) in [6.45, 7) is 3.41. The number of aromatic amines is 1. The molecule has 7 nitrogen and oxygen atoms in total. The van der Waals surface area contributed by atoms with Crippen LogP contribution in [-0.4, -0.2) is 35.3 Å². The molecular weight excluding hydrogens is 358 g/mol. The van der Waals surface area contributed by atoms with E-state index in [1.807, 2.05) is 43.3 Å². The Morgan fingerprint density at radius 3 is 2.57 bits per heavy atom. The fourth-order valence-electron chi connectivity index (χ4n) is 2.61. The summed E-state index contributed by atoms with van der Waals surface area (Å²) in [6.07, 6.45) is -0.999. The lowest BCUT2D eigenvalue weighted by Crippen LogP contribution is -2.30. The van der Waals surface area contributed by atoms with Crippen LogP contribution in [0.2, 0.25) is 0 Å². The fraction of sp³-hybridized carbons (Fsp3) is 0.190. The van der Waals surface area contributed by atoms with Gasteiger partial charge in [-0.3, -0.25) is 9.89 Å². The normalized spacial score (nSPS) is 11.5. The molecular formula is C21H21N3O4. The number of esters is 1. The average Bonchev–Trinajstić information content (AvgIpc) is 3.19. The molecule has 0 aliphatic heterocycles. The molecule has 3 rings (SSSR count). The Morgan fingerprint density at radius 1 is 1.11 bits per heavy atom. The second-order valence-electron chi connectivity index (χ2n) is 6.27. The molecule has 0 fully saturated rings. The molecule has 0 bridgehead atoms. The van der Waals surface area contributed by atoms with Crippen molar-refractivity contribution in [2.45, 2.75) is 20.0 Å². The molecule has 144 valence electrons. The van der Waals surface area contributed by atoms with Gasteiger partial charge in [-0.2, -0.15) is 5.10 Å². The number of rotatable bonds is 6. The highest BCUT2D eigenvalue weighted by molar-refractivity contribution is 5.98. The largest absolute Gasteiger partial charge is 0.495 e. The van der Waals surface area contributed by atoms with Crippen LogP contribution in [0, 0.1) is 6.92 Å². The van der Waals surface area contributed by atoms with E-state index >= 15 is 0 Å². The van der Waals surface area contributed by atoms with Gasteiger partial charge in [0.1, 0.15) is 11.4 Å². The number of aromatic nitrogens is 2. The van der Waals surface area contributed by atoms with Crippen molar-refractivity contribution in [3.8, 4) is 17.0 Å². The van der Waals surface area contributed by atoms with E-state index in [4.69, 9.17) is 9.47 Å². The molecule has 1 atom stereocenters. The molecule has 0 aliphatic rings. The van der Waals surface area contributed by atoms with E-state index in [0.717, 1.165) is 11.1 Å². The topological polar surface area (TPSA) is 93.3 Å². The number of methoxy groups -OCH3 is 1. The third-order valence-electron chi connectivity index (χ3n) is 4.13. The van der Waals surface area contributed by atoms with Gasteiger partial charge < -0.3 is 14.8 Å². The van der Waals surface area contributed by atoms with E-state index in [2.05, 4.69) is 15.5 Å². The Bertz CT molecular complexity index is 982. The summed E-state index contributed by atoms with van der Waals surface area (Å²) in [5.41, 5.74) is 3.14. The van der Waals surface area contributed by atoms with Gasteiger partial charge in [0.05, 0.1) is 18.5 Å². The lowest BCUT2D eigenvalue weighted by molar-refractivity contribution is -0.123. The lowest BCUT2D eigenvalue weighted by atomic mass is 10.1. The predicted molar refractivity (Wildman–Crippen MR) is 105 cm³/mol. The number of anilines is 1. The minimum atomic E-state index is -0.999. The van der Waals surface area contributed by atoms with Gasteiger partial charge >= 0.3 is 5.97 Å². The van der Waals surface area contributed by atoms with E-state index in [0.29, 0.717) is 17.1 Å². The second kappa shape index (κ2) is 8.39.